The van der Waals surface area contributed by atoms with E-state index in [-0.39, 0.29) is 22.5 Å². The SMILES string of the molecule is N=Cc1ccc(C2CC2C(=O)ON2C(=O)c3ccccc3C2=O)nc1[NH2+]CC(F)(F)F. The van der Waals surface area contributed by atoms with Crippen molar-refractivity contribution in [1.82, 2.24) is 10.0 Å². The van der Waals surface area contributed by atoms with Crippen LogP contribution >= 0.6 is 0 Å². The van der Waals surface area contributed by atoms with Crippen molar-refractivity contribution >= 4 is 29.8 Å². The molecule has 1 aromatic heterocycles. The largest absolute Gasteiger partial charge is 0.438 e. The van der Waals surface area contributed by atoms with Crippen LogP contribution in [0.25, 0.3) is 0 Å². The molecule has 8 nitrogen and oxygen atoms in total. The minimum Gasteiger partial charge on any atom is -0.329 e. The van der Waals surface area contributed by atoms with Gasteiger partial charge in [-0.05, 0) is 30.7 Å². The normalized spacial score (nSPS) is 19.9. The molecule has 2 amide bonds. The summed E-state index contributed by atoms with van der Waals surface area (Å²) in [5.74, 6) is -3.35. The topological polar surface area (TPSA) is 117 Å². The maximum absolute atomic E-state index is 12.5. The standard InChI is InChI=1S/C20H15F3N4O4/c21-20(22,23)9-25-16-10(8-24)5-6-15(26-16)13-7-14(13)19(30)31-27-17(28)11-3-1-2-4-12(11)18(27)29/h1-6,8,13-14,24H,7,9H2,(H,25,26)/p+1. The zero-order valence-corrected chi connectivity index (χ0v) is 15.8. The summed E-state index contributed by atoms with van der Waals surface area (Å²) < 4.78 is 37.6. The van der Waals surface area contributed by atoms with Crippen LogP contribution in [0.2, 0.25) is 0 Å². The number of alkyl halides is 3. The number of carbonyl (C=O) groups is 3. The molecule has 2 aromatic rings. The number of aromatic nitrogens is 1. The molecule has 1 saturated carbocycles. The number of carbonyl (C=O) groups excluding carboxylic acids is 3. The molecule has 2 atom stereocenters. The fourth-order valence-electron chi connectivity index (χ4n) is 3.40. The van der Waals surface area contributed by atoms with E-state index in [0.717, 1.165) is 11.5 Å². The van der Waals surface area contributed by atoms with Crippen molar-refractivity contribution in [2.75, 3.05) is 6.54 Å². The third-order valence-electron chi connectivity index (χ3n) is 5.07. The molecule has 4 rings (SSSR count). The highest BCUT2D eigenvalue weighted by Crippen LogP contribution is 2.48. The molecule has 1 aliphatic heterocycles. The van der Waals surface area contributed by atoms with Crippen molar-refractivity contribution in [3.05, 3.63) is 58.8 Å². The fraction of sp³-hybridized carbons (Fsp3) is 0.250. The van der Waals surface area contributed by atoms with Crippen molar-refractivity contribution in [2.45, 2.75) is 18.5 Å². The van der Waals surface area contributed by atoms with Gasteiger partial charge in [0.15, 0.2) is 6.54 Å². The molecule has 1 fully saturated rings. The number of hydrogen-bond donors (Lipinski definition) is 2. The average molecular weight is 433 g/mol. The number of hydroxylamine groups is 2. The number of fused-ring (bicyclic) bond motifs is 1. The number of benzene rings is 1. The summed E-state index contributed by atoms with van der Waals surface area (Å²) in [6.45, 7) is -1.19. The van der Waals surface area contributed by atoms with Gasteiger partial charge < -0.3 is 10.2 Å². The Morgan fingerprint density at radius 3 is 2.42 bits per heavy atom. The summed E-state index contributed by atoms with van der Waals surface area (Å²) in [5.41, 5.74) is 0.880. The lowest BCUT2D eigenvalue weighted by molar-refractivity contribution is -0.603. The summed E-state index contributed by atoms with van der Waals surface area (Å²) in [5, 5.41) is 8.64. The molecule has 11 heteroatoms. The van der Waals surface area contributed by atoms with Gasteiger partial charge in [-0.2, -0.15) is 13.2 Å². The van der Waals surface area contributed by atoms with Crippen molar-refractivity contribution in [3.63, 3.8) is 0 Å². The van der Waals surface area contributed by atoms with Crippen LogP contribution in [-0.2, 0) is 9.63 Å². The van der Waals surface area contributed by atoms with Crippen LogP contribution in [0, 0.1) is 11.3 Å². The quantitative estimate of drug-likeness (QED) is 0.531. The molecular formula is C20H16F3N4O4+. The molecule has 0 saturated heterocycles. The maximum atomic E-state index is 12.5. The van der Waals surface area contributed by atoms with Crippen LogP contribution in [0.5, 0.6) is 0 Å². The lowest BCUT2D eigenvalue weighted by Gasteiger charge is -2.12. The van der Waals surface area contributed by atoms with E-state index in [1.54, 1.807) is 12.1 Å². The zero-order valence-electron chi connectivity index (χ0n) is 15.8. The summed E-state index contributed by atoms with van der Waals surface area (Å²) >= 11 is 0. The van der Waals surface area contributed by atoms with Crippen LogP contribution in [0.4, 0.5) is 19.0 Å². The molecule has 1 aliphatic carbocycles. The number of imide groups is 1. The Morgan fingerprint density at radius 2 is 1.84 bits per heavy atom. The summed E-state index contributed by atoms with van der Waals surface area (Å²) in [6.07, 6.45) is -3.19. The van der Waals surface area contributed by atoms with Crippen molar-refractivity contribution in [2.24, 2.45) is 5.92 Å². The smallest absolute Gasteiger partial charge is 0.329 e. The molecule has 31 heavy (non-hydrogen) atoms. The Balaban J connectivity index is 1.44. The number of pyridine rings is 1. The number of halogens is 3. The van der Waals surface area contributed by atoms with Crippen LogP contribution in [0.15, 0.2) is 36.4 Å². The number of nitrogens with zero attached hydrogens (tertiary/aromatic N) is 2. The van der Waals surface area contributed by atoms with E-state index in [1.165, 1.54) is 24.3 Å². The molecular weight excluding hydrogens is 417 g/mol. The highest BCUT2D eigenvalue weighted by Gasteiger charge is 2.49. The second-order valence-electron chi connectivity index (χ2n) is 7.19. The molecule has 160 valence electrons. The Hall–Kier alpha value is -3.60. The minimum absolute atomic E-state index is 0.00388. The van der Waals surface area contributed by atoms with Gasteiger partial charge in [0.05, 0.1) is 28.3 Å². The summed E-state index contributed by atoms with van der Waals surface area (Å²) in [7, 11) is 0. The highest BCUT2D eigenvalue weighted by atomic mass is 19.4. The predicted molar refractivity (Wildman–Crippen MR) is 98.5 cm³/mol. The number of hydrogen-bond acceptors (Lipinski definition) is 6. The van der Waals surface area contributed by atoms with Gasteiger partial charge in [0.25, 0.3) is 11.8 Å². The monoisotopic (exact) mass is 433 g/mol. The summed E-state index contributed by atoms with van der Waals surface area (Å²) in [4.78, 5) is 46.3. The molecule has 2 aliphatic rings. The molecule has 2 heterocycles. The van der Waals surface area contributed by atoms with Crippen LogP contribution in [0.1, 0.15) is 44.3 Å². The Labute approximate surface area is 173 Å². The second-order valence-corrected chi connectivity index (χ2v) is 7.19. The third kappa shape index (κ3) is 4.04. The van der Waals surface area contributed by atoms with E-state index in [0.29, 0.717) is 17.2 Å². The Kier molecular flexibility index (Phi) is 5.05. The lowest BCUT2D eigenvalue weighted by atomic mass is 10.1. The first-order valence-electron chi connectivity index (χ1n) is 9.30. The second kappa shape index (κ2) is 7.58. The maximum Gasteiger partial charge on any atom is 0.438 e. The van der Waals surface area contributed by atoms with Gasteiger partial charge in [-0.3, -0.25) is 14.9 Å². The third-order valence-corrected chi connectivity index (χ3v) is 5.07. The number of nitrogens with two attached hydrogens (primary N) is 1. The van der Waals surface area contributed by atoms with Gasteiger partial charge in [0, 0.05) is 12.1 Å². The summed E-state index contributed by atoms with van der Waals surface area (Å²) in [6, 6.07) is 9.08. The van der Waals surface area contributed by atoms with Crippen molar-refractivity contribution in [1.29, 1.82) is 5.41 Å². The van der Waals surface area contributed by atoms with E-state index in [9.17, 15) is 27.6 Å². The van der Waals surface area contributed by atoms with E-state index in [1.807, 2.05) is 0 Å². The minimum atomic E-state index is -4.41. The molecule has 0 bridgehead atoms. The van der Waals surface area contributed by atoms with Gasteiger partial charge >= 0.3 is 12.1 Å². The fourth-order valence-corrected chi connectivity index (χ4v) is 3.40. The lowest BCUT2D eigenvalue weighted by Crippen LogP contribution is -2.82. The van der Waals surface area contributed by atoms with Gasteiger partial charge in [0.2, 0.25) is 5.82 Å². The molecule has 1 aromatic carbocycles. The number of rotatable bonds is 6. The van der Waals surface area contributed by atoms with Gasteiger partial charge in [-0.1, -0.05) is 17.2 Å². The van der Waals surface area contributed by atoms with E-state index < -0.39 is 42.3 Å². The van der Waals surface area contributed by atoms with Gasteiger partial charge in [-0.15, -0.1) is 0 Å². The molecule has 2 unspecified atom stereocenters. The van der Waals surface area contributed by atoms with Gasteiger partial charge in [-0.25, -0.2) is 9.78 Å². The van der Waals surface area contributed by atoms with E-state index in [4.69, 9.17) is 10.2 Å². The predicted octanol–water partition coefficient (Wildman–Crippen LogP) is 1.69. The highest BCUT2D eigenvalue weighted by molar-refractivity contribution is 6.20. The first-order valence-corrected chi connectivity index (χ1v) is 9.30. The first-order chi connectivity index (χ1) is 14.7. The zero-order chi connectivity index (χ0) is 22.3. The molecule has 0 spiro atoms. The van der Waals surface area contributed by atoms with Gasteiger partial charge in [0.1, 0.15) is 0 Å². The van der Waals surface area contributed by atoms with Crippen molar-refractivity contribution < 1.29 is 37.7 Å². The van der Waals surface area contributed by atoms with Crippen LogP contribution < -0.4 is 5.32 Å². The van der Waals surface area contributed by atoms with E-state index >= 15 is 0 Å². The van der Waals surface area contributed by atoms with Crippen LogP contribution in [0.3, 0.4) is 0 Å². The first kappa shape index (κ1) is 20.7. The Bertz CT molecular complexity index is 1070. The molecule has 0 radical (unpaired) electrons. The molecule has 3 N–H and O–H groups in total. The van der Waals surface area contributed by atoms with Crippen molar-refractivity contribution in [3.8, 4) is 0 Å². The Morgan fingerprint density at radius 1 is 1.19 bits per heavy atom. The van der Waals surface area contributed by atoms with Crippen LogP contribution in [-0.4, -0.2) is 46.8 Å². The number of quaternary nitrogens is 1. The number of nitrogens with one attached hydrogen (secondary N) is 1. The van der Waals surface area contributed by atoms with E-state index in [2.05, 4.69) is 4.98 Å². The average Bonchev–Trinajstić information content (AvgIpc) is 3.51. The number of amides is 2.